The number of aromatic nitrogens is 2. The molecule has 1 atom stereocenters. The van der Waals surface area contributed by atoms with Crippen LogP contribution in [0.15, 0.2) is 29.1 Å². The lowest BCUT2D eigenvalue weighted by Gasteiger charge is -2.31. The van der Waals surface area contributed by atoms with Gasteiger partial charge in [0.15, 0.2) is 17.1 Å². The predicted octanol–water partition coefficient (Wildman–Crippen LogP) is 1.49. The number of esters is 1. The molecule has 2 aliphatic rings. The number of pyridine rings is 2. The van der Waals surface area contributed by atoms with Crippen molar-refractivity contribution < 1.29 is 24.9 Å². The van der Waals surface area contributed by atoms with E-state index in [0.717, 1.165) is 0 Å². The third-order valence-corrected chi connectivity index (χ3v) is 5.64. The average molecular weight is 380 g/mol. The highest BCUT2D eigenvalue weighted by Gasteiger charge is 2.45. The van der Waals surface area contributed by atoms with Crippen molar-refractivity contribution in [2.75, 3.05) is 0 Å². The maximum atomic E-state index is 13.0. The van der Waals surface area contributed by atoms with Gasteiger partial charge >= 0.3 is 5.97 Å². The minimum atomic E-state index is -1.87. The number of hydrogen-bond donors (Lipinski definition) is 3. The van der Waals surface area contributed by atoms with Gasteiger partial charge in [-0.25, -0.2) is 9.78 Å². The Bertz CT molecular complexity index is 1260. The van der Waals surface area contributed by atoms with Gasteiger partial charge in [-0.3, -0.25) is 4.79 Å². The summed E-state index contributed by atoms with van der Waals surface area (Å²) in [6.07, 6.45) is 0.0763. The fourth-order valence-electron chi connectivity index (χ4n) is 4.03. The Morgan fingerprint density at radius 2 is 2.04 bits per heavy atom. The highest BCUT2D eigenvalue weighted by atomic mass is 16.6. The Kier molecular flexibility index (Phi) is 3.19. The van der Waals surface area contributed by atoms with E-state index in [2.05, 4.69) is 4.98 Å². The van der Waals surface area contributed by atoms with Gasteiger partial charge in [0.1, 0.15) is 6.61 Å². The third kappa shape index (κ3) is 1.95. The lowest BCUT2D eigenvalue weighted by molar-refractivity contribution is -0.172. The summed E-state index contributed by atoms with van der Waals surface area (Å²) in [5.41, 5.74) is 0.478. The SMILES string of the molecule is CC[C@@]1(O)C(=O)OCc2c1cc1n(c2=O)Cc2cc3c(O)c(O)ccc3nc2-1. The van der Waals surface area contributed by atoms with Crippen LogP contribution in [0, 0.1) is 0 Å². The Morgan fingerprint density at radius 1 is 1.25 bits per heavy atom. The predicted molar refractivity (Wildman–Crippen MR) is 97.9 cm³/mol. The first kappa shape index (κ1) is 16.8. The molecule has 0 spiro atoms. The van der Waals surface area contributed by atoms with Crippen LogP contribution in [0.25, 0.3) is 22.3 Å². The number of rotatable bonds is 1. The smallest absolute Gasteiger partial charge is 0.343 e. The van der Waals surface area contributed by atoms with E-state index in [1.54, 1.807) is 25.1 Å². The van der Waals surface area contributed by atoms with Crippen molar-refractivity contribution in [3.8, 4) is 22.9 Å². The van der Waals surface area contributed by atoms with Crippen molar-refractivity contribution in [1.82, 2.24) is 9.55 Å². The molecule has 0 amide bonds. The van der Waals surface area contributed by atoms with E-state index in [0.29, 0.717) is 27.9 Å². The topological polar surface area (TPSA) is 122 Å². The molecule has 0 aliphatic carbocycles. The minimum absolute atomic E-state index is 0.0763. The van der Waals surface area contributed by atoms with Crippen LogP contribution < -0.4 is 5.56 Å². The van der Waals surface area contributed by atoms with Gasteiger partial charge in [-0.2, -0.15) is 0 Å². The number of fused-ring (bicyclic) bond motifs is 5. The maximum absolute atomic E-state index is 13.0. The van der Waals surface area contributed by atoms with Crippen LogP contribution in [0.1, 0.15) is 30.0 Å². The van der Waals surface area contributed by atoms with Crippen LogP contribution in [0.3, 0.4) is 0 Å². The Hall–Kier alpha value is -3.39. The van der Waals surface area contributed by atoms with Gasteiger partial charge in [0.05, 0.1) is 29.0 Å². The molecule has 2 aromatic heterocycles. The first-order chi connectivity index (χ1) is 13.3. The first-order valence-electron chi connectivity index (χ1n) is 8.87. The van der Waals surface area contributed by atoms with E-state index in [9.17, 15) is 24.9 Å². The molecule has 5 rings (SSSR count). The van der Waals surface area contributed by atoms with E-state index in [4.69, 9.17) is 4.74 Å². The van der Waals surface area contributed by atoms with E-state index in [-0.39, 0.29) is 47.8 Å². The van der Waals surface area contributed by atoms with Crippen LogP contribution >= 0.6 is 0 Å². The summed E-state index contributed by atoms with van der Waals surface area (Å²) in [6.45, 7) is 1.69. The summed E-state index contributed by atoms with van der Waals surface area (Å²) in [6, 6.07) is 6.23. The molecule has 3 N–H and O–H groups in total. The number of carbonyl (C=O) groups excluding carboxylic acids is 1. The highest BCUT2D eigenvalue weighted by molar-refractivity contribution is 5.91. The summed E-state index contributed by atoms with van der Waals surface area (Å²) >= 11 is 0. The van der Waals surface area contributed by atoms with Crippen LogP contribution in [0.2, 0.25) is 0 Å². The quantitative estimate of drug-likeness (QED) is 0.338. The van der Waals surface area contributed by atoms with Crippen molar-refractivity contribution in [2.24, 2.45) is 0 Å². The van der Waals surface area contributed by atoms with Gasteiger partial charge in [-0.15, -0.1) is 0 Å². The second-order valence-corrected chi connectivity index (χ2v) is 7.10. The number of ether oxygens (including phenoxy) is 1. The average Bonchev–Trinajstić information content (AvgIpc) is 3.05. The number of phenolic OH excluding ortho intramolecular Hbond substituents is 2. The second kappa shape index (κ2) is 5.32. The fourth-order valence-corrected chi connectivity index (χ4v) is 4.03. The first-order valence-corrected chi connectivity index (χ1v) is 8.87. The molecule has 2 aliphatic heterocycles. The third-order valence-electron chi connectivity index (χ3n) is 5.64. The molecule has 0 bridgehead atoms. The summed E-state index contributed by atoms with van der Waals surface area (Å²) in [7, 11) is 0. The number of phenols is 2. The number of benzene rings is 1. The van der Waals surface area contributed by atoms with Crippen LogP contribution in [0.5, 0.6) is 11.5 Å². The Labute approximate surface area is 158 Å². The lowest BCUT2D eigenvalue weighted by Crippen LogP contribution is -2.44. The van der Waals surface area contributed by atoms with Gasteiger partial charge in [0, 0.05) is 16.5 Å². The van der Waals surface area contributed by atoms with Gasteiger partial charge in [-0.1, -0.05) is 6.92 Å². The van der Waals surface area contributed by atoms with Crippen LogP contribution in [0.4, 0.5) is 0 Å². The second-order valence-electron chi connectivity index (χ2n) is 7.10. The van der Waals surface area contributed by atoms with Crippen molar-refractivity contribution in [1.29, 1.82) is 0 Å². The monoisotopic (exact) mass is 380 g/mol. The molecule has 0 saturated carbocycles. The van der Waals surface area contributed by atoms with E-state index in [1.807, 2.05) is 0 Å². The van der Waals surface area contributed by atoms with E-state index in [1.165, 1.54) is 10.6 Å². The Morgan fingerprint density at radius 3 is 2.79 bits per heavy atom. The highest BCUT2D eigenvalue weighted by Crippen LogP contribution is 2.40. The van der Waals surface area contributed by atoms with Crippen molar-refractivity contribution in [3.63, 3.8) is 0 Å². The summed E-state index contributed by atoms with van der Waals surface area (Å²) < 4.78 is 6.56. The van der Waals surface area contributed by atoms with Gasteiger partial charge in [-0.05, 0) is 30.7 Å². The molecule has 8 heteroatoms. The summed E-state index contributed by atoms with van der Waals surface area (Å²) in [4.78, 5) is 29.8. The zero-order valence-corrected chi connectivity index (χ0v) is 14.9. The largest absolute Gasteiger partial charge is 0.504 e. The number of cyclic esters (lactones) is 1. The number of nitrogens with zero attached hydrogens (tertiary/aromatic N) is 2. The van der Waals surface area contributed by atoms with E-state index >= 15 is 0 Å². The normalized spacial score (nSPS) is 19.9. The standard InChI is InChI=1S/C20H16N2O6/c1-2-20(27)12-6-14-16-9(5-10-13(21-16)3-4-15(23)17(10)24)7-22(14)18(25)11(12)8-28-19(20)26/h3-6,23-24,27H,2,7-8H2,1H3/t20-/m0/s1. The summed E-state index contributed by atoms with van der Waals surface area (Å²) in [5.74, 6) is -1.28. The zero-order valence-electron chi connectivity index (χ0n) is 14.9. The molecule has 0 unspecified atom stereocenters. The van der Waals surface area contributed by atoms with Gasteiger partial charge in [0.2, 0.25) is 0 Å². The molecule has 28 heavy (non-hydrogen) atoms. The lowest BCUT2D eigenvalue weighted by atomic mass is 9.86. The van der Waals surface area contributed by atoms with Gasteiger partial charge < -0.3 is 24.6 Å². The van der Waals surface area contributed by atoms with Crippen LogP contribution in [-0.4, -0.2) is 30.8 Å². The number of aliphatic hydroxyl groups is 1. The fraction of sp³-hybridized carbons (Fsp3) is 0.250. The molecule has 4 heterocycles. The maximum Gasteiger partial charge on any atom is 0.343 e. The number of carbonyl (C=O) groups is 1. The van der Waals surface area contributed by atoms with Crippen molar-refractivity contribution in [2.45, 2.75) is 32.1 Å². The molecular weight excluding hydrogens is 364 g/mol. The zero-order chi connectivity index (χ0) is 19.8. The number of hydrogen-bond acceptors (Lipinski definition) is 7. The van der Waals surface area contributed by atoms with Crippen molar-refractivity contribution in [3.05, 3.63) is 51.3 Å². The molecule has 142 valence electrons. The van der Waals surface area contributed by atoms with Gasteiger partial charge in [0.25, 0.3) is 5.56 Å². The number of aromatic hydroxyl groups is 2. The molecular formula is C20H16N2O6. The molecule has 8 nitrogen and oxygen atoms in total. The molecule has 0 fully saturated rings. The Balaban J connectivity index is 1.80. The summed E-state index contributed by atoms with van der Waals surface area (Å²) in [5, 5.41) is 31.1. The minimum Gasteiger partial charge on any atom is -0.504 e. The van der Waals surface area contributed by atoms with Crippen LogP contribution in [-0.2, 0) is 28.3 Å². The molecule has 1 aromatic carbocycles. The van der Waals surface area contributed by atoms with Crippen molar-refractivity contribution >= 4 is 16.9 Å². The molecule has 0 radical (unpaired) electrons. The van der Waals surface area contributed by atoms with E-state index < -0.39 is 11.6 Å². The molecule has 0 saturated heterocycles. The molecule has 3 aromatic rings.